The lowest BCUT2D eigenvalue weighted by Crippen LogP contribution is -2.35. The molecule has 2 aromatic carbocycles. The minimum atomic E-state index is 0.0283. The Balaban J connectivity index is 1.23. The van der Waals surface area contributed by atoms with Crippen molar-refractivity contribution in [3.05, 3.63) is 59.9 Å². The molecule has 8 heteroatoms. The van der Waals surface area contributed by atoms with Crippen LogP contribution in [0.15, 0.2) is 48.5 Å². The summed E-state index contributed by atoms with van der Waals surface area (Å²) in [7, 11) is 1.65. The normalized spacial score (nSPS) is 16.0. The van der Waals surface area contributed by atoms with Crippen molar-refractivity contribution in [1.82, 2.24) is 25.4 Å². The molecule has 3 aromatic rings. The molecule has 0 spiro atoms. The zero-order valence-electron chi connectivity index (χ0n) is 18.5. The van der Waals surface area contributed by atoms with Crippen LogP contribution in [0.25, 0.3) is 11.4 Å². The van der Waals surface area contributed by atoms with E-state index >= 15 is 0 Å². The number of hydrogen-bond donors (Lipinski definition) is 2. The molecule has 1 aliphatic rings. The molecule has 2 N–H and O–H groups in total. The number of aromatic amines is 1. The quantitative estimate of drug-likeness (QED) is 0.565. The van der Waals surface area contributed by atoms with Gasteiger partial charge in [-0.1, -0.05) is 36.4 Å². The number of nitrogens with one attached hydrogen (secondary N) is 2. The van der Waals surface area contributed by atoms with Crippen LogP contribution in [-0.4, -0.2) is 58.8 Å². The van der Waals surface area contributed by atoms with Crippen LogP contribution in [0.5, 0.6) is 11.5 Å². The Labute approximate surface area is 188 Å². The van der Waals surface area contributed by atoms with Gasteiger partial charge in [0.2, 0.25) is 5.91 Å². The molecule has 1 atom stereocenters. The van der Waals surface area contributed by atoms with Crippen LogP contribution in [0, 0.1) is 0 Å². The van der Waals surface area contributed by atoms with Crippen molar-refractivity contribution in [3.63, 3.8) is 0 Å². The topological polar surface area (TPSA) is 92.4 Å². The zero-order valence-corrected chi connectivity index (χ0v) is 18.5. The van der Waals surface area contributed by atoms with Crippen LogP contribution in [0.2, 0.25) is 0 Å². The smallest absolute Gasteiger partial charge is 0.221 e. The van der Waals surface area contributed by atoms with Crippen molar-refractivity contribution in [2.45, 2.75) is 32.4 Å². The molecule has 0 radical (unpaired) electrons. The molecule has 8 nitrogen and oxygen atoms in total. The molecule has 0 saturated heterocycles. The van der Waals surface area contributed by atoms with E-state index in [0.29, 0.717) is 31.8 Å². The summed E-state index contributed by atoms with van der Waals surface area (Å²) >= 11 is 0. The third-order valence-electron chi connectivity index (χ3n) is 5.41. The number of fused-ring (bicyclic) bond motifs is 1. The summed E-state index contributed by atoms with van der Waals surface area (Å²) in [6.07, 6.45) is 1.08. The van der Waals surface area contributed by atoms with E-state index in [1.807, 2.05) is 55.5 Å². The average Bonchev–Trinajstić information content (AvgIpc) is 3.21. The second kappa shape index (κ2) is 10.3. The monoisotopic (exact) mass is 435 g/mol. The molecular formula is C24H29N5O3. The molecule has 0 saturated carbocycles. The Morgan fingerprint density at radius 2 is 2.12 bits per heavy atom. The minimum absolute atomic E-state index is 0.0283. The van der Waals surface area contributed by atoms with Gasteiger partial charge in [0.25, 0.3) is 0 Å². The van der Waals surface area contributed by atoms with E-state index in [0.717, 1.165) is 41.5 Å². The summed E-state index contributed by atoms with van der Waals surface area (Å²) < 4.78 is 11.3. The summed E-state index contributed by atoms with van der Waals surface area (Å²) in [5, 5.41) is 10.2. The van der Waals surface area contributed by atoms with Gasteiger partial charge in [0.15, 0.2) is 5.82 Å². The maximum Gasteiger partial charge on any atom is 0.221 e. The Bertz CT molecular complexity index is 1040. The van der Waals surface area contributed by atoms with Crippen LogP contribution in [0.3, 0.4) is 0 Å². The third kappa shape index (κ3) is 5.64. The van der Waals surface area contributed by atoms with Gasteiger partial charge in [0.05, 0.1) is 7.11 Å². The van der Waals surface area contributed by atoms with Crippen molar-refractivity contribution >= 4 is 5.91 Å². The van der Waals surface area contributed by atoms with Crippen LogP contribution >= 0.6 is 0 Å². The summed E-state index contributed by atoms with van der Waals surface area (Å²) in [6, 6.07) is 15.7. The van der Waals surface area contributed by atoms with Gasteiger partial charge in [-0.3, -0.25) is 14.8 Å². The molecule has 4 rings (SSSR count). The third-order valence-corrected chi connectivity index (χ3v) is 5.41. The predicted octanol–water partition coefficient (Wildman–Crippen LogP) is 2.81. The number of rotatable bonds is 8. The first-order valence-corrected chi connectivity index (χ1v) is 10.9. The number of nitrogens with zero attached hydrogens (tertiary/aromatic N) is 3. The molecule has 0 bridgehead atoms. The van der Waals surface area contributed by atoms with Crippen molar-refractivity contribution in [2.75, 3.05) is 26.7 Å². The highest BCUT2D eigenvalue weighted by Crippen LogP contribution is 2.29. The van der Waals surface area contributed by atoms with Gasteiger partial charge in [0, 0.05) is 56.2 Å². The Morgan fingerprint density at radius 1 is 1.28 bits per heavy atom. The van der Waals surface area contributed by atoms with Crippen LogP contribution in [0.4, 0.5) is 0 Å². The molecule has 0 aliphatic carbocycles. The Morgan fingerprint density at radius 3 is 2.94 bits per heavy atom. The predicted molar refractivity (Wildman–Crippen MR) is 122 cm³/mol. The molecule has 32 heavy (non-hydrogen) atoms. The van der Waals surface area contributed by atoms with E-state index in [1.54, 1.807) is 7.11 Å². The highest BCUT2D eigenvalue weighted by molar-refractivity contribution is 5.76. The summed E-state index contributed by atoms with van der Waals surface area (Å²) in [5.41, 5.74) is 2.07. The maximum atomic E-state index is 12.4. The molecule has 1 unspecified atom stereocenters. The molecule has 1 aliphatic heterocycles. The van der Waals surface area contributed by atoms with Crippen molar-refractivity contribution < 1.29 is 14.3 Å². The lowest BCUT2D eigenvalue weighted by molar-refractivity contribution is -0.121. The molecule has 0 fully saturated rings. The first kappa shape index (κ1) is 21.8. The van der Waals surface area contributed by atoms with Gasteiger partial charge in [-0.15, -0.1) is 0 Å². The standard InChI is InChI=1S/C24H29N5O3/c1-17-15-29(16-19-8-9-20(31-2)14-21(19)32-17)13-11-23(30)25-12-10-22-26-24(28-27-22)18-6-4-3-5-7-18/h3-9,14,17H,10-13,15-16H2,1-2H3,(H,25,30)(H,26,27,28). The molecule has 2 heterocycles. The van der Waals surface area contributed by atoms with Gasteiger partial charge < -0.3 is 14.8 Å². The van der Waals surface area contributed by atoms with Crippen molar-refractivity contribution in [1.29, 1.82) is 0 Å². The number of hydrogen-bond acceptors (Lipinski definition) is 6. The molecule has 1 aromatic heterocycles. The van der Waals surface area contributed by atoms with E-state index < -0.39 is 0 Å². The number of carbonyl (C=O) groups excluding carboxylic acids is 1. The lowest BCUT2D eigenvalue weighted by atomic mass is 10.1. The Hall–Kier alpha value is -3.39. The second-order valence-electron chi connectivity index (χ2n) is 7.96. The van der Waals surface area contributed by atoms with Crippen molar-refractivity contribution in [3.8, 4) is 22.9 Å². The van der Waals surface area contributed by atoms with Gasteiger partial charge in [-0.2, -0.15) is 5.10 Å². The Kier molecular flexibility index (Phi) is 7.01. The fourth-order valence-electron chi connectivity index (χ4n) is 3.79. The number of aromatic nitrogens is 3. The highest BCUT2D eigenvalue weighted by atomic mass is 16.5. The number of H-pyrrole nitrogens is 1. The van der Waals surface area contributed by atoms with Gasteiger partial charge in [-0.25, -0.2) is 4.98 Å². The zero-order chi connectivity index (χ0) is 22.3. The summed E-state index contributed by atoms with van der Waals surface area (Å²) in [5.74, 6) is 3.09. The number of amides is 1. The first-order chi connectivity index (χ1) is 15.6. The SMILES string of the molecule is COc1ccc2c(c1)OC(C)CN(CCC(=O)NCCc1nc(-c3ccccc3)n[nH]1)C2. The molecule has 168 valence electrons. The fraction of sp³-hybridized carbons (Fsp3) is 0.375. The van der Waals surface area contributed by atoms with Gasteiger partial charge in [-0.05, 0) is 13.0 Å². The highest BCUT2D eigenvalue weighted by Gasteiger charge is 2.21. The van der Waals surface area contributed by atoms with E-state index in [1.165, 1.54) is 0 Å². The van der Waals surface area contributed by atoms with Gasteiger partial charge in [0.1, 0.15) is 23.4 Å². The van der Waals surface area contributed by atoms with E-state index in [-0.39, 0.29) is 12.0 Å². The fourth-order valence-corrected chi connectivity index (χ4v) is 3.79. The largest absolute Gasteiger partial charge is 0.497 e. The molecule has 1 amide bonds. The summed E-state index contributed by atoms with van der Waals surface area (Å²) in [4.78, 5) is 19.1. The number of carbonyl (C=O) groups is 1. The van der Waals surface area contributed by atoms with Crippen LogP contribution in [0.1, 0.15) is 24.7 Å². The van der Waals surface area contributed by atoms with E-state index in [9.17, 15) is 4.79 Å². The number of benzene rings is 2. The minimum Gasteiger partial charge on any atom is -0.497 e. The summed E-state index contributed by atoms with van der Waals surface area (Å²) in [6.45, 7) is 4.75. The number of methoxy groups -OCH3 is 1. The van der Waals surface area contributed by atoms with E-state index in [2.05, 4.69) is 25.4 Å². The van der Waals surface area contributed by atoms with Crippen molar-refractivity contribution in [2.24, 2.45) is 0 Å². The maximum absolute atomic E-state index is 12.4. The second-order valence-corrected chi connectivity index (χ2v) is 7.96. The lowest BCUT2D eigenvalue weighted by Gasteiger charge is -2.21. The number of ether oxygens (including phenoxy) is 2. The van der Waals surface area contributed by atoms with Gasteiger partial charge >= 0.3 is 0 Å². The van der Waals surface area contributed by atoms with Crippen LogP contribution < -0.4 is 14.8 Å². The molecular weight excluding hydrogens is 406 g/mol. The average molecular weight is 436 g/mol. The van der Waals surface area contributed by atoms with Crippen LogP contribution in [-0.2, 0) is 17.8 Å². The van der Waals surface area contributed by atoms with E-state index in [4.69, 9.17) is 9.47 Å². The first-order valence-electron chi connectivity index (χ1n) is 10.9.